The summed E-state index contributed by atoms with van der Waals surface area (Å²) in [5.74, 6) is 0.653. The first-order valence-corrected chi connectivity index (χ1v) is 12.1. The van der Waals surface area contributed by atoms with E-state index < -0.39 is 0 Å². The van der Waals surface area contributed by atoms with Crippen molar-refractivity contribution in [1.29, 1.82) is 0 Å². The summed E-state index contributed by atoms with van der Waals surface area (Å²) in [6.45, 7) is 6.21. The van der Waals surface area contributed by atoms with Crippen LogP contribution in [0, 0.1) is 0 Å². The highest BCUT2D eigenvalue weighted by Crippen LogP contribution is 2.27. The average molecular weight is 458 g/mol. The van der Waals surface area contributed by atoms with E-state index in [1.165, 1.54) is 23.0 Å². The number of imidazole rings is 1. The number of aryl methyl sites for hydroxylation is 1. The van der Waals surface area contributed by atoms with Crippen LogP contribution in [-0.2, 0) is 13.1 Å². The Morgan fingerprint density at radius 2 is 1.69 bits per heavy atom. The molecule has 0 aliphatic carbocycles. The minimum atomic E-state index is -0.333. The van der Waals surface area contributed by atoms with Crippen molar-refractivity contribution in [2.24, 2.45) is 0 Å². The van der Waals surface area contributed by atoms with E-state index in [1.807, 2.05) is 0 Å². The molecule has 0 radical (unpaired) electrons. The van der Waals surface area contributed by atoms with Gasteiger partial charge in [0.05, 0.1) is 0 Å². The molecule has 7 nitrogen and oxygen atoms in total. The Morgan fingerprint density at radius 1 is 1.00 bits per heavy atom. The molecule has 1 aromatic carbocycles. The van der Waals surface area contributed by atoms with Crippen molar-refractivity contribution in [1.82, 2.24) is 24.0 Å². The summed E-state index contributed by atoms with van der Waals surface area (Å²) in [5, 5.41) is 0.137. The molecule has 3 aromatic rings. The molecule has 0 spiro atoms. The number of halogens is 1. The maximum Gasteiger partial charge on any atom is 0.332 e. The lowest BCUT2D eigenvalue weighted by atomic mass is 9.89. The first-order chi connectivity index (χ1) is 15.6. The molecule has 1 aliphatic heterocycles. The molecule has 0 amide bonds. The van der Waals surface area contributed by atoms with Crippen molar-refractivity contribution in [3.05, 3.63) is 62.0 Å². The monoisotopic (exact) mass is 457 g/mol. The average Bonchev–Trinajstić information content (AvgIpc) is 3.21. The number of H-pyrrole nitrogens is 1. The van der Waals surface area contributed by atoms with Gasteiger partial charge in [-0.2, -0.15) is 4.98 Å². The fraction of sp³-hybridized carbons (Fsp3) is 0.542. The molecule has 172 valence electrons. The normalized spacial score (nSPS) is 15.6. The number of benzene rings is 1. The predicted molar refractivity (Wildman–Crippen MR) is 129 cm³/mol. The molecule has 1 N–H and O–H groups in total. The highest BCUT2D eigenvalue weighted by atomic mass is 35.5. The summed E-state index contributed by atoms with van der Waals surface area (Å²) in [6.07, 6.45) is 5.90. The van der Waals surface area contributed by atoms with Gasteiger partial charge in [-0.25, -0.2) is 4.79 Å². The van der Waals surface area contributed by atoms with Crippen LogP contribution in [-0.4, -0.2) is 43.6 Å². The maximum absolute atomic E-state index is 13.0. The third kappa shape index (κ3) is 4.99. The zero-order valence-electron chi connectivity index (χ0n) is 18.7. The second kappa shape index (κ2) is 10.5. The zero-order chi connectivity index (χ0) is 22.5. The summed E-state index contributed by atoms with van der Waals surface area (Å²) < 4.78 is 2.92. The molecular weight excluding hydrogens is 426 g/mol. The molecule has 0 atom stereocenters. The van der Waals surface area contributed by atoms with E-state index in [4.69, 9.17) is 11.6 Å². The van der Waals surface area contributed by atoms with Gasteiger partial charge in [0.15, 0.2) is 11.2 Å². The molecule has 0 unspecified atom stereocenters. The number of aromatic nitrogens is 4. The summed E-state index contributed by atoms with van der Waals surface area (Å²) in [5.41, 5.74) is 1.49. The van der Waals surface area contributed by atoms with Crippen LogP contribution in [0.4, 0.5) is 0 Å². The van der Waals surface area contributed by atoms with E-state index >= 15 is 0 Å². The van der Waals surface area contributed by atoms with Crippen molar-refractivity contribution in [2.75, 3.05) is 19.6 Å². The van der Waals surface area contributed by atoms with Crippen LogP contribution in [0.3, 0.4) is 0 Å². The number of nitrogens with zero attached hydrogens (tertiary/aromatic N) is 4. The van der Waals surface area contributed by atoms with Gasteiger partial charge < -0.3 is 9.88 Å². The zero-order valence-corrected chi connectivity index (χ0v) is 19.5. The van der Waals surface area contributed by atoms with Crippen LogP contribution in [0.25, 0.3) is 11.2 Å². The van der Waals surface area contributed by atoms with Crippen molar-refractivity contribution in [3.63, 3.8) is 0 Å². The smallest absolute Gasteiger partial charge is 0.323 e. The SMILES string of the molecule is CCCCn1c(=O)n(CCCCN2CCC(c3ccccc3)CC2)c(=O)c2[nH]c(Cl)nc21. The summed E-state index contributed by atoms with van der Waals surface area (Å²) in [4.78, 5) is 35.4. The van der Waals surface area contributed by atoms with E-state index in [2.05, 4.69) is 52.1 Å². The first-order valence-electron chi connectivity index (χ1n) is 11.7. The number of fused-ring (bicyclic) bond motifs is 1. The van der Waals surface area contributed by atoms with E-state index in [-0.39, 0.29) is 16.5 Å². The number of piperidine rings is 1. The summed E-state index contributed by atoms with van der Waals surface area (Å²) >= 11 is 5.99. The molecule has 1 saturated heterocycles. The number of rotatable bonds is 9. The highest BCUT2D eigenvalue weighted by Gasteiger charge is 2.20. The third-order valence-corrected chi connectivity index (χ3v) is 6.71. The lowest BCUT2D eigenvalue weighted by molar-refractivity contribution is 0.207. The lowest BCUT2D eigenvalue weighted by Gasteiger charge is -2.32. The summed E-state index contributed by atoms with van der Waals surface area (Å²) in [7, 11) is 0. The van der Waals surface area contributed by atoms with Crippen LogP contribution in [0.1, 0.15) is 56.9 Å². The lowest BCUT2D eigenvalue weighted by Crippen LogP contribution is -2.40. The van der Waals surface area contributed by atoms with Gasteiger partial charge in [-0.05, 0) is 74.8 Å². The predicted octanol–water partition coefficient (Wildman–Crippen LogP) is 4.00. The minimum Gasteiger partial charge on any atom is -0.323 e. The van der Waals surface area contributed by atoms with Gasteiger partial charge in [-0.1, -0.05) is 43.7 Å². The largest absolute Gasteiger partial charge is 0.332 e. The number of hydrogen-bond donors (Lipinski definition) is 1. The van der Waals surface area contributed by atoms with Crippen LogP contribution in [0.15, 0.2) is 39.9 Å². The highest BCUT2D eigenvalue weighted by molar-refractivity contribution is 6.28. The van der Waals surface area contributed by atoms with Crippen molar-refractivity contribution >= 4 is 22.8 Å². The van der Waals surface area contributed by atoms with Gasteiger partial charge in [0.25, 0.3) is 5.56 Å². The van der Waals surface area contributed by atoms with Gasteiger partial charge in [0.1, 0.15) is 0 Å². The van der Waals surface area contributed by atoms with E-state index in [0.29, 0.717) is 30.2 Å². The number of unbranched alkanes of at least 4 members (excludes halogenated alkanes) is 2. The van der Waals surface area contributed by atoms with Gasteiger partial charge in [-0.3, -0.25) is 13.9 Å². The Bertz CT molecular complexity index is 1140. The molecule has 3 heterocycles. The number of aromatic amines is 1. The molecular formula is C24H32ClN5O2. The maximum atomic E-state index is 13.0. The fourth-order valence-corrected chi connectivity index (χ4v) is 4.85. The van der Waals surface area contributed by atoms with Crippen molar-refractivity contribution < 1.29 is 0 Å². The van der Waals surface area contributed by atoms with Gasteiger partial charge in [-0.15, -0.1) is 0 Å². The van der Waals surface area contributed by atoms with Gasteiger partial charge >= 0.3 is 5.69 Å². The molecule has 0 saturated carbocycles. The topological polar surface area (TPSA) is 75.9 Å². The Kier molecular flexibility index (Phi) is 7.48. The van der Waals surface area contributed by atoms with Crippen LogP contribution in [0.2, 0.25) is 5.28 Å². The summed E-state index contributed by atoms with van der Waals surface area (Å²) in [6, 6.07) is 10.8. The number of hydrogen-bond acceptors (Lipinski definition) is 4. The van der Waals surface area contributed by atoms with Crippen LogP contribution < -0.4 is 11.2 Å². The second-order valence-electron chi connectivity index (χ2n) is 8.70. The Labute approximate surface area is 193 Å². The molecule has 0 bridgehead atoms. The van der Waals surface area contributed by atoms with Crippen molar-refractivity contribution in [3.8, 4) is 0 Å². The first kappa shape index (κ1) is 22.8. The minimum absolute atomic E-state index is 0.137. The van der Waals surface area contributed by atoms with Crippen LogP contribution >= 0.6 is 11.6 Å². The molecule has 1 fully saturated rings. The standard InChI is InChI=1S/C24H32ClN5O2/c1-2-3-14-29-21-20(26-23(25)27-21)22(31)30(24(29)32)15-8-7-13-28-16-11-19(12-17-28)18-9-5-4-6-10-18/h4-6,9-10,19H,2-3,7-8,11-17H2,1H3,(H,26,27). The number of nitrogens with one attached hydrogen (secondary N) is 1. The molecule has 1 aliphatic rings. The van der Waals surface area contributed by atoms with Gasteiger partial charge in [0, 0.05) is 13.1 Å². The quantitative estimate of drug-likeness (QED) is 0.389. The number of likely N-dealkylation sites (tertiary alicyclic amines) is 1. The van der Waals surface area contributed by atoms with E-state index in [9.17, 15) is 9.59 Å². The van der Waals surface area contributed by atoms with E-state index in [0.717, 1.165) is 45.3 Å². The van der Waals surface area contributed by atoms with E-state index in [1.54, 1.807) is 4.57 Å². The molecule has 2 aromatic heterocycles. The Balaban J connectivity index is 1.35. The second-order valence-corrected chi connectivity index (χ2v) is 9.06. The van der Waals surface area contributed by atoms with Crippen molar-refractivity contribution in [2.45, 2.75) is 64.5 Å². The molecule has 4 rings (SSSR count). The molecule has 32 heavy (non-hydrogen) atoms. The van der Waals surface area contributed by atoms with Gasteiger partial charge in [0.2, 0.25) is 5.28 Å². The Hall–Kier alpha value is -2.38. The molecule has 8 heteroatoms. The third-order valence-electron chi connectivity index (χ3n) is 6.53. The Morgan fingerprint density at radius 3 is 2.41 bits per heavy atom. The fourth-order valence-electron chi connectivity index (χ4n) is 4.67. The van der Waals surface area contributed by atoms with Crippen LogP contribution in [0.5, 0.6) is 0 Å².